The largest absolute Gasteiger partial charge is 0.484 e. The van der Waals surface area contributed by atoms with Crippen molar-refractivity contribution in [2.24, 2.45) is 0 Å². The van der Waals surface area contributed by atoms with E-state index >= 15 is 0 Å². The lowest BCUT2D eigenvalue weighted by molar-refractivity contribution is -0.134. The van der Waals surface area contributed by atoms with Crippen LogP contribution < -0.4 is 15.7 Å². The third kappa shape index (κ3) is 4.68. The summed E-state index contributed by atoms with van der Waals surface area (Å²) in [6.07, 6.45) is 1.40. The third-order valence-corrected chi connectivity index (χ3v) is 5.18. The van der Waals surface area contributed by atoms with Crippen LogP contribution in [0, 0.1) is 0 Å². The molecule has 1 aromatic heterocycles. The maximum Gasteiger partial charge on any atom is 0.336 e. The van der Waals surface area contributed by atoms with E-state index in [2.05, 4.69) is 5.32 Å². The van der Waals surface area contributed by atoms with Crippen LogP contribution in [0.2, 0.25) is 0 Å². The maximum atomic E-state index is 12.5. The van der Waals surface area contributed by atoms with Gasteiger partial charge in [0.2, 0.25) is 0 Å². The predicted octanol–water partition coefficient (Wildman–Crippen LogP) is 2.59. The van der Waals surface area contributed by atoms with Crippen LogP contribution in [-0.2, 0) is 4.79 Å². The molecule has 2 aromatic carbocycles. The zero-order valence-electron chi connectivity index (χ0n) is 16.4. The van der Waals surface area contributed by atoms with Crippen LogP contribution >= 0.6 is 0 Å². The number of carbonyl (C=O) groups excluding carboxylic acids is 2. The molecule has 1 saturated heterocycles. The highest BCUT2D eigenvalue weighted by Gasteiger charge is 2.24. The Morgan fingerprint density at radius 3 is 2.53 bits per heavy atom. The normalized spacial score (nSPS) is 14.5. The molecule has 1 aliphatic rings. The maximum absolute atomic E-state index is 12.5. The van der Waals surface area contributed by atoms with E-state index < -0.39 is 5.63 Å². The first-order chi connectivity index (χ1) is 14.6. The van der Waals surface area contributed by atoms with E-state index in [-0.39, 0.29) is 24.5 Å². The summed E-state index contributed by atoms with van der Waals surface area (Å²) in [5, 5.41) is 3.82. The van der Waals surface area contributed by atoms with E-state index in [1.54, 1.807) is 41.3 Å². The van der Waals surface area contributed by atoms with Crippen LogP contribution in [0.4, 0.5) is 0 Å². The predicted molar refractivity (Wildman–Crippen MR) is 111 cm³/mol. The van der Waals surface area contributed by atoms with Crippen molar-refractivity contribution in [3.8, 4) is 5.75 Å². The topological polar surface area (TPSA) is 88.9 Å². The zero-order chi connectivity index (χ0) is 20.9. The highest BCUT2D eigenvalue weighted by molar-refractivity contribution is 5.94. The van der Waals surface area contributed by atoms with E-state index in [1.165, 1.54) is 6.07 Å². The summed E-state index contributed by atoms with van der Waals surface area (Å²) in [4.78, 5) is 37.8. The molecule has 0 spiro atoms. The molecule has 0 atom stereocenters. The van der Waals surface area contributed by atoms with Crippen LogP contribution in [0.5, 0.6) is 5.75 Å². The first-order valence-corrected chi connectivity index (χ1v) is 9.89. The first kappa shape index (κ1) is 19.7. The molecular formula is C23H22N2O5. The highest BCUT2D eigenvalue weighted by Crippen LogP contribution is 2.20. The Balaban J connectivity index is 1.26. The van der Waals surface area contributed by atoms with E-state index in [9.17, 15) is 14.4 Å². The Bertz CT molecular complexity index is 1100. The molecule has 4 rings (SSSR count). The average molecular weight is 406 g/mol. The van der Waals surface area contributed by atoms with Crippen molar-refractivity contribution in [1.82, 2.24) is 10.2 Å². The van der Waals surface area contributed by atoms with Gasteiger partial charge in [-0.25, -0.2) is 4.79 Å². The summed E-state index contributed by atoms with van der Waals surface area (Å²) in [6, 6.07) is 17.3. The number of benzene rings is 2. The van der Waals surface area contributed by atoms with E-state index in [1.807, 2.05) is 18.2 Å². The van der Waals surface area contributed by atoms with Crippen molar-refractivity contribution in [2.75, 3.05) is 19.7 Å². The van der Waals surface area contributed by atoms with Gasteiger partial charge in [-0.05, 0) is 43.2 Å². The van der Waals surface area contributed by atoms with Gasteiger partial charge in [-0.15, -0.1) is 0 Å². The average Bonchev–Trinajstić information content (AvgIpc) is 2.78. The summed E-state index contributed by atoms with van der Waals surface area (Å²) < 4.78 is 10.7. The van der Waals surface area contributed by atoms with Crippen molar-refractivity contribution < 1.29 is 18.7 Å². The molecule has 2 amide bonds. The number of nitrogens with zero attached hydrogens (tertiary/aromatic N) is 1. The van der Waals surface area contributed by atoms with Gasteiger partial charge < -0.3 is 19.4 Å². The van der Waals surface area contributed by atoms with Crippen LogP contribution in [-0.4, -0.2) is 42.5 Å². The Morgan fingerprint density at radius 2 is 1.77 bits per heavy atom. The first-order valence-electron chi connectivity index (χ1n) is 9.89. The number of likely N-dealkylation sites (tertiary alicyclic amines) is 1. The van der Waals surface area contributed by atoms with Gasteiger partial charge in [0.15, 0.2) is 6.61 Å². The summed E-state index contributed by atoms with van der Waals surface area (Å²) in [7, 11) is 0. The van der Waals surface area contributed by atoms with Gasteiger partial charge >= 0.3 is 5.63 Å². The molecule has 1 fully saturated rings. The molecule has 30 heavy (non-hydrogen) atoms. The highest BCUT2D eigenvalue weighted by atomic mass is 16.5. The minimum absolute atomic E-state index is 0.0473. The summed E-state index contributed by atoms with van der Waals surface area (Å²) >= 11 is 0. The van der Waals surface area contributed by atoms with E-state index in [0.717, 1.165) is 5.39 Å². The number of ether oxygens (including phenoxy) is 1. The van der Waals surface area contributed by atoms with Gasteiger partial charge in [-0.2, -0.15) is 0 Å². The molecule has 1 N–H and O–H groups in total. The molecule has 154 valence electrons. The summed E-state index contributed by atoms with van der Waals surface area (Å²) in [6.45, 7) is 1.03. The fraction of sp³-hybridized carbons (Fsp3) is 0.261. The van der Waals surface area contributed by atoms with Gasteiger partial charge in [-0.1, -0.05) is 18.2 Å². The van der Waals surface area contributed by atoms with Crippen molar-refractivity contribution >= 4 is 22.8 Å². The smallest absolute Gasteiger partial charge is 0.336 e. The number of fused-ring (bicyclic) bond motifs is 1. The van der Waals surface area contributed by atoms with Gasteiger partial charge in [0.05, 0.1) is 0 Å². The molecule has 2 heterocycles. The molecule has 1 aliphatic heterocycles. The molecule has 7 nitrogen and oxygen atoms in total. The second-order valence-electron chi connectivity index (χ2n) is 7.24. The zero-order valence-corrected chi connectivity index (χ0v) is 16.4. The van der Waals surface area contributed by atoms with Crippen molar-refractivity contribution in [1.29, 1.82) is 0 Å². The van der Waals surface area contributed by atoms with Crippen molar-refractivity contribution in [3.63, 3.8) is 0 Å². The van der Waals surface area contributed by atoms with Gasteiger partial charge in [0, 0.05) is 42.2 Å². The van der Waals surface area contributed by atoms with Crippen LogP contribution in [0.15, 0.2) is 69.9 Å². The number of hydrogen-bond acceptors (Lipinski definition) is 5. The third-order valence-electron chi connectivity index (χ3n) is 5.18. The Labute approximate surface area is 173 Å². The van der Waals surface area contributed by atoms with Crippen LogP contribution in [0.3, 0.4) is 0 Å². The molecule has 0 unspecified atom stereocenters. The number of rotatable bonds is 5. The number of carbonyl (C=O) groups is 2. The van der Waals surface area contributed by atoms with Crippen molar-refractivity contribution in [3.05, 3.63) is 76.6 Å². The molecule has 0 bridgehead atoms. The second-order valence-corrected chi connectivity index (χ2v) is 7.24. The Hall–Kier alpha value is -3.61. The summed E-state index contributed by atoms with van der Waals surface area (Å²) in [5.41, 5.74) is 0.621. The molecule has 7 heteroatoms. The lowest BCUT2D eigenvalue weighted by atomic mass is 10.0. The lowest BCUT2D eigenvalue weighted by Gasteiger charge is -2.32. The minimum atomic E-state index is -0.432. The van der Waals surface area contributed by atoms with Gasteiger partial charge in [0.1, 0.15) is 11.3 Å². The van der Waals surface area contributed by atoms with Gasteiger partial charge in [-0.3, -0.25) is 9.59 Å². The fourth-order valence-electron chi connectivity index (χ4n) is 3.50. The van der Waals surface area contributed by atoms with Gasteiger partial charge in [0.25, 0.3) is 11.8 Å². The van der Waals surface area contributed by atoms with E-state index in [0.29, 0.717) is 42.8 Å². The van der Waals surface area contributed by atoms with Crippen molar-refractivity contribution in [2.45, 2.75) is 18.9 Å². The van der Waals surface area contributed by atoms with Crippen LogP contribution in [0.25, 0.3) is 11.0 Å². The molecule has 0 radical (unpaired) electrons. The lowest BCUT2D eigenvalue weighted by Crippen LogP contribution is -2.47. The Kier molecular flexibility index (Phi) is 5.79. The monoisotopic (exact) mass is 406 g/mol. The summed E-state index contributed by atoms with van der Waals surface area (Å²) in [5.74, 6) is 0.263. The number of hydrogen-bond donors (Lipinski definition) is 1. The number of nitrogens with one attached hydrogen (secondary N) is 1. The fourth-order valence-corrected chi connectivity index (χ4v) is 3.50. The Morgan fingerprint density at radius 1 is 1.03 bits per heavy atom. The van der Waals surface area contributed by atoms with E-state index in [4.69, 9.17) is 9.15 Å². The second kappa shape index (κ2) is 8.82. The molecule has 0 aliphatic carbocycles. The number of piperidine rings is 1. The SMILES string of the molecule is O=C(NC1CCN(C(=O)COc2ccc3ccc(=O)oc3c2)CC1)c1ccccc1. The quantitative estimate of drug-likeness (QED) is 0.658. The molecule has 3 aromatic rings. The molecule has 0 saturated carbocycles. The number of amides is 2. The molecular weight excluding hydrogens is 384 g/mol. The van der Waals surface area contributed by atoms with Crippen LogP contribution in [0.1, 0.15) is 23.2 Å². The standard InChI is InChI=1S/C23H22N2O5/c26-21(15-29-19-8-6-16-7-9-22(27)30-20(16)14-19)25-12-10-18(11-13-25)24-23(28)17-4-2-1-3-5-17/h1-9,14,18H,10-13,15H2,(H,24,28). The minimum Gasteiger partial charge on any atom is -0.484 e.